The Morgan fingerprint density at radius 3 is 2.29 bits per heavy atom. The molecule has 1 amide bonds. The third-order valence-electron chi connectivity index (χ3n) is 6.85. The number of carbonyl (C=O) groups is 1. The van der Waals surface area contributed by atoms with Crippen LogP contribution in [0.2, 0.25) is 0 Å². The van der Waals surface area contributed by atoms with Crippen LogP contribution in [0.5, 0.6) is 0 Å². The van der Waals surface area contributed by atoms with E-state index in [0.29, 0.717) is 10.9 Å². The molecule has 3 aliphatic carbocycles. The smallest absolute Gasteiger partial charge is 0.233 e. The van der Waals surface area contributed by atoms with Crippen LogP contribution in [0.4, 0.5) is 0 Å². The van der Waals surface area contributed by atoms with Gasteiger partial charge in [-0.1, -0.05) is 39.9 Å². The van der Waals surface area contributed by atoms with Crippen molar-refractivity contribution in [2.45, 2.75) is 65.8 Å². The molecular weight excluding hydrogens is 280 g/mol. The maximum atomic E-state index is 12.9. The minimum absolute atomic E-state index is 0.0833. The third kappa shape index (κ3) is 1.97. The van der Waals surface area contributed by atoms with E-state index >= 15 is 0 Å². The topological polar surface area (TPSA) is 55.1 Å². The van der Waals surface area contributed by atoms with Crippen molar-refractivity contribution in [2.75, 3.05) is 0 Å². The monoisotopic (exact) mass is 308 g/mol. The third-order valence-corrected chi connectivity index (χ3v) is 7.24. The van der Waals surface area contributed by atoms with E-state index in [4.69, 9.17) is 18.0 Å². The fourth-order valence-corrected chi connectivity index (χ4v) is 5.82. The summed E-state index contributed by atoms with van der Waals surface area (Å²) in [5.74, 6) is 1.36. The van der Waals surface area contributed by atoms with Gasteiger partial charge in [0.2, 0.25) is 5.91 Å². The summed E-state index contributed by atoms with van der Waals surface area (Å²) in [5.41, 5.74) is 5.76. The molecule has 3 saturated carbocycles. The first-order valence-electron chi connectivity index (χ1n) is 8.23. The van der Waals surface area contributed by atoms with Crippen molar-refractivity contribution in [3.63, 3.8) is 0 Å². The minimum Gasteiger partial charge on any atom is -0.392 e. The number of thiocarbonyl (C=S) groups is 1. The molecule has 3 fully saturated rings. The summed E-state index contributed by atoms with van der Waals surface area (Å²) in [5, 5.41) is 3.38. The maximum Gasteiger partial charge on any atom is 0.233 e. The molecule has 21 heavy (non-hydrogen) atoms. The van der Waals surface area contributed by atoms with E-state index in [1.807, 2.05) is 0 Å². The predicted molar refractivity (Wildman–Crippen MR) is 88.8 cm³/mol. The van der Waals surface area contributed by atoms with E-state index < -0.39 is 5.41 Å². The maximum absolute atomic E-state index is 12.9. The van der Waals surface area contributed by atoms with Gasteiger partial charge in [-0.15, -0.1) is 0 Å². The summed E-state index contributed by atoms with van der Waals surface area (Å²) in [6, 6.07) is 0.249. The molecule has 0 aromatic heterocycles. The van der Waals surface area contributed by atoms with Crippen molar-refractivity contribution in [1.29, 1.82) is 0 Å². The lowest BCUT2D eigenvalue weighted by atomic mass is 9.61. The van der Waals surface area contributed by atoms with Crippen molar-refractivity contribution in [2.24, 2.45) is 33.8 Å². The molecule has 3 unspecified atom stereocenters. The van der Waals surface area contributed by atoms with Crippen LogP contribution >= 0.6 is 12.2 Å². The molecule has 118 valence electrons. The first kappa shape index (κ1) is 15.3. The zero-order valence-electron chi connectivity index (χ0n) is 13.7. The van der Waals surface area contributed by atoms with Gasteiger partial charge in [0.1, 0.15) is 0 Å². The van der Waals surface area contributed by atoms with E-state index in [2.05, 4.69) is 33.0 Å². The predicted octanol–water partition coefficient (Wildman–Crippen LogP) is 3.02. The molecule has 4 heteroatoms. The number of rotatable bonds is 3. The number of nitrogens with two attached hydrogens (primary N) is 1. The minimum atomic E-state index is -0.580. The highest BCUT2D eigenvalue weighted by atomic mass is 32.1. The lowest BCUT2D eigenvalue weighted by Gasteiger charge is -2.48. The quantitative estimate of drug-likeness (QED) is 0.788. The van der Waals surface area contributed by atoms with Gasteiger partial charge in [-0.2, -0.15) is 0 Å². The van der Waals surface area contributed by atoms with Crippen LogP contribution in [0.25, 0.3) is 0 Å². The SMILES string of the molecule is CC1CC(C(=O)NC2C3(C)CCC(C3)C2(C)C)(C(N)=S)C1. The summed E-state index contributed by atoms with van der Waals surface area (Å²) < 4.78 is 0. The van der Waals surface area contributed by atoms with Crippen molar-refractivity contribution in [1.82, 2.24) is 5.32 Å². The zero-order chi connectivity index (χ0) is 15.6. The fraction of sp³-hybridized carbons (Fsp3) is 0.882. The molecule has 3 nitrogen and oxygen atoms in total. The molecule has 3 aliphatic rings. The first-order valence-corrected chi connectivity index (χ1v) is 8.63. The van der Waals surface area contributed by atoms with Crippen LogP contribution in [0.3, 0.4) is 0 Å². The van der Waals surface area contributed by atoms with Crippen LogP contribution in [-0.4, -0.2) is 16.9 Å². The lowest BCUT2D eigenvalue weighted by Crippen LogP contribution is -2.61. The average molecular weight is 308 g/mol. The normalized spacial score (nSPS) is 47.0. The summed E-state index contributed by atoms with van der Waals surface area (Å²) in [7, 11) is 0. The molecule has 0 aromatic carbocycles. The van der Waals surface area contributed by atoms with Gasteiger partial charge in [0.15, 0.2) is 0 Å². The van der Waals surface area contributed by atoms with Crippen molar-refractivity contribution in [3.05, 3.63) is 0 Å². The number of fused-ring (bicyclic) bond motifs is 2. The first-order chi connectivity index (χ1) is 9.62. The lowest BCUT2D eigenvalue weighted by molar-refractivity contribution is -0.135. The highest BCUT2D eigenvalue weighted by molar-refractivity contribution is 7.80. The second-order valence-corrected chi connectivity index (χ2v) is 9.22. The van der Waals surface area contributed by atoms with E-state index in [9.17, 15) is 4.79 Å². The molecule has 0 spiro atoms. The van der Waals surface area contributed by atoms with E-state index in [1.165, 1.54) is 19.3 Å². The highest BCUT2D eigenvalue weighted by Gasteiger charge is 2.61. The summed E-state index contributed by atoms with van der Waals surface area (Å²) in [4.78, 5) is 13.3. The van der Waals surface area contributed by atoms with Crippen LogP contribution in [0.1, 0.15) is 59.8 Å². The Balaban J connectivity index is 1.80. The fourth-order valence-electron chi connectivity index (χ4n) is 5.56. The van der Waals surface area contributed by atoms with Gasteiger partial charge >= 0.3 is 0 Å². The van der Waals surface area contributed by atoms with Gasteiger partial charge in [0.25, 0.3) is 0 Å². The molecule has 3 N–H and O–H groups in total. The van der Waals surface area contributed by atoms with E-state index in [0.717, 1.165) is 18.8 Å². The standard InChI is InChI=1S/C17H28N2OS/c1-10-7-17(8-10,13(18)21)14(20)19-12-15(2,3)11-5-6-16(12,4)9-11/h10-12H,5-9H2,1-4H3,(H2,18,21)(H,19,20). The molecule has 3 rings (SSSR count). The molecule has 2 bridgehead atoms. The van der Waals surface area contributed by atoms with Crippen LogP contribution in [-0.2, 0) is 4.79 Å². The van der Waals surface area contributed by atoms with Crippen molar-refractivity contribution < 1.29 is 4.79 Å². The summed E-state index contributed by atoms with van der Waals surface area (Å²) in [6.07, 6.45) is 5.38. The highest BCUT2D eigenvalue weighted by Crippen LogP contribution is 2.62. The Kier molecular flexibility index (Phi) is 3.22. The number of hydrogen-bond acceptors (Lipinski definition) is 2. The van der Waals surface area contributed by atoms with Gasteiger partial charge in [-0.05, 0) is 54.8 Å². The Morgan fingerprint density at radius 1 is 1.24 bits per heavy atom. The Hall–Kier alpha value is -0.640. The Labute approximate surface area is 133 Å². The number of hydrogen-bond donors (Lipinski definition) is 2. The zero-order valence-corrected chi connectivity index (χ0v) is 14.5. The Morgan fingerprint density at radius 2 is 1.86 bits per heavy atom. The van der Waals surface area contributed by atoms with Gasteiger partial charge in [-0.25, -0.2) is 0 Å². The van der Waals surface area contributed by atoms with Gasteiger partial charge in [0, 0.05) is 6.04 Å². The van der Waals surface area contributed by atoms with Gasteiger partial charge in [0.05, 0.1) is 10.4 Å². The van der Waals surface area contributed by atoms with Crippen molar-refractivity contribution >= 4 is 23.1 Å². The van der Waals surface area contributed by atoms with Crippen LogP contribution < -0.4 is 11.1 Å². The molecular formula is C17H28N2OS. The van der Waals surface area contributed by atoms with Gasteiger partial charge < -0.3 is 11.1 Å². The summed E-state index contributed by atoms with van der Waals surface area (Å²) in [6.45, 7) is 9.11. The number of carbonyl (C=O) groups excluding carboxylic acids is 1. The number of amides is 1. The molecule has 3 atom stereocenters. The largest absolute Gasteiger partial charge is 0.392 e. The second kappa shape index (κ2) is 4.43. The second-order valence-electron chi connectivity index (χ2n) is 8.78. The molecule has 0 aromatic rings. The van der Waals surface area contributed by atoms with Gasteiger partial charge in [-0.3, -0.25) is 4.79 Å². The van der Waals surface area contributed by atoms with Crippen molar-refractivity contribution in [3.8, 4) is 0 Å². The molecule has 0 saturated heterocycles. The van der Waals surface area contributed by atoms with E-state index in [-0.39, 0.29) is 22.8 Å². The van der Waals surface area contributed by atoms with Crippen LogP contribution in [0.15, 0.2) is 0 Å². The molecule has 0 radical (unpaired) electrons. The van der Waals surface area contributed by atoms with E-state index in [1.54, 1.807) is 0 Å². The Bertz CT molecular complexity index is 490. The number of nitrogens with one attached hydrogen (secondary N) is 1. The molecule has 0 aliphatic heterocycles. The molecule has 0 heterocycles. The van der Waals surface area contributed by atoms with Crippen LogP contribution in [0, 0.1) is 28.1 Å². The average Bonchev–Trinajstić information content (AvgIpc) is 2.80. The summed E-state index contributed by atoms with van der Waals surface area (Å²) >= 11 is 5.22.